The van der Waals surface area contributed by atoms with Crippen molar-refractivity contribution in [3.8, 4) is 11.1 Å². The third-order valence-corrected chi connectivity index (χ3v) is 2.96. The van der Waals surface area contributed by atoms with Crippen molar-refractivity contribution in [2.75, 3.05) is 0 Å². The Morgan fingerprint density at radius 1 is 0.632 bits per heavy atom. The summed E-state index contributed by atoms with van der Waals surface area (Å²) in [6.07, 6.45) is 0. The van der Waals surface area contributed by atoms with Gasteiger partial charge in [0.25, 0.3) is 0 Å². The number of halogens is 3. The molecule has 0 spiro atoms. The van der Waals surface area contributed by atoms with E-state index in [0.29, 0.717) is 5.92 Å². The average Bonchev–Trinajstić information content (AvgIpc) is 2.30. The number of hydrogen-bond donors (Lipinski definition) is 0. The molecular weight excluding hydrogens is 573 g/mol. The molecule has 0 bridgehead atoms. The van der Waals surface area contributed by atoms with Crippen molar-refractivity contribution in [2.24, 2.45) is 0 Å². The van der Waals surface area contributed by atoms with E-state index in [-0.39, 0.29) is 71.9 Å². The topological polar surface area (TPSA) is 0 Å². The Balaban J connectivity index is 0. The van der Waals surface area contributed by atoms with E-state index < -0.39 is 0 Å². The molecule has 0 atom stereocenters. The number of aryl methyl sites for hydroxylation is 1. The summed E-state index contributed by atoms with van der Waals surface area (Å²) in [5, 5.41) is 0. The molecule has 106 valence electrons. The third-order valence-electron chi connectivity index (χ3n) is 2.96. The van der Waals surface area contributed by atoms with Crippen LogP contribution in [0.3, 0.4) is 0 Å². The molecule has 0 nitrogen and oxygen atoms in total. The van der Waals surface area contributed by atoms with Gasteiger partial charge in [-0.2, -0.15) is 0 Å². The van der Waals surface area contributed by atoms with E-state index in [1.54, 1.807) is 0 Å². The van der Waals surface area contributed by atoms with Gasteiger partial charge >= 0.3 is 0 Å². The summed E-state index contributed by atoms with van der Waals surface area (Å²) in [7, 11) is 0. The first-order chi connectivity index (χ1) is 7.66. The Morgan fingerprint density at radius 3 is 1.37 bits per heavy atom. The van der Waals surface area contributed by atoms with Crippen molar-refractivity contribution in [1.82, 2.24) is 0 Å². The van der Waals surface area contributed by atoms with Gasteiger partial charge in [-0.3, -0.25) is 0 Å². The predicted molar refractivity (Wildman–Crippen MR) is 117 cm³/mol. The summed E-state index contributed by atoms with van der Waals surface area (Å²) in [6, 6.07) is 17.5. The molecule has 3 heteroatoms. The van der Waals surface area contributed by atoms with Gasteiger partial charge in [0.2, 0.25) is 0 Å². The van der Waals surface area contributed by atoms with Crippen LogP contribution in [0.2, 0.25) is 0 Å². The van der Waals surface area contributed by atoms with E-state index in [9.17, 15) is 0 Å². The molecule has 0 aromatic heterocycles. The lowest BCUT2D eigenvalue weighted by Crippen LogP contribution is -1.86. The molecule has 0 aliphatic carbocycles. The largest absolute Gasteiger partial charge is 0.107 e. The molecule has 2 aromatic rings. The highest BCUT2D eigenvalue weighted by atomic mass is 127. The third kappa shape index (κ3) is 6.29. The minimum absolute atomic E-state index is 0. The zero-order valence-corrected chi connectivity index (χ0v) is 18.4. The van der Waals surface area contributed by atoms with E-state index in [2.05, 4.69) is 69.3 Å². The first-order valence-corrected chi connectivity index (χ1v) is 5.84. The van der Waals surface area contributed by atoms with Crippen molar-refractivity contribution in [2.45, 2.75) is 26.7 Å². The molecule has 0 aliphatic rings. The van der Waals surface area contributed by atoms with Crippen LogP contribution in [0.4, 0.5) is 0 Å². The summed E-state index contributed by atoms with van der Waals surface area (Å²) in [6.45, 7) is 6.56. The smallest absolute Gasteiger partial charge is 0.0184 e. The fourth-order valence-electron chi connectivity index (χ4n) is 1.81. The number of rotatable bonds is 2. The van der Waals surface area contributed by atoms with Crippen molar-refractivity contribution in [3.05, 3.63) is 59.7 Å². The van der Waals surface area contributed by atoms with Crippen molar-refractivity contribution < 1.29 is 0 Å². The van der Waals surface area contributed by atoms with Gasteiger partial charge in [0.15, 0.2) is 0 Å². The SMILES string of the molecule is Cc1ccc(-c2ccc(C(C)C)cc2)cc1.I.I.I. The average molecular weight is 594 g/mol. The summed E-state index contributed by atoms with van der Waals surface area (Å²) in [5.41, 5.74) is 5.30. The number of benzene rings is 2. The van der Waals surface area contributed by atoms with E-state index in [1.807, 2.05) is 0 Å². The van der Waals surface area contributed by atoms with E-state index in [1.165, 1.54) is 22.3 Å². The van der Waals surface area contributed by atoms with Crippen LogP contribution in [0.1, 0.15) is 30.9 Å². The predicted octanol–water partition coefficient (Wildman–Crippen LogP) is 6.64. The molecule has 0 unspecified atom stereocenters. The molecule has 0 amide bonds. The highest BCUT2D eigenvalue weighted by molar-refractivity contribution is 14.0. The molecule has 0 N–H and O–H groups in total. The Kier molecular flexibility index (Phi) is 12.0. The van der Waals surface area contributed by atoms with Crippen LogP contribution >= 0.6 is 71.9 Å². The normalized spacial score (nSPS) is 9.05. The van der Waals surface area contributed by atoms with Gasteiger partial charge in [-0.1, -0.05) is 67.9 Å². The monoisotopic (exact) mass is 594 g/mol. The molecule has 2 aromatic carbocycles. The molecule has 0 radical (unpaired) electrons. The second kappa shape index (κ2) is 10.4. The first-order valence-electron chi connectivity index (χ1n) is 5.84. The Hall–Kier alpha value is 0.630. The Bertz CT molecular complexity index is 458. The minimum atomic E-state index is 0. The molecule has 19 heavy (non-hydrogen) atoms. The van der Waals surface area contributed by atoms with Crippen LogP contribution in [0.25, 0.3) is 11.1 Å². The molecule has 0 heterocycles. The minimum Gasteiger partial charge on any atom is -0.107 e. The number of hydrogen-bond acceptors (Lipinski definition) is 0. The zero-order chi connectivity index (χ0) is 11.5. The molecule has 0 aliphatic heterocycles. The maximum atomic E-state index is 2.22. The molecule has 2 rings (SSSR count). The lowest BCUT2D eigenvalue weighted by Gasteiger charge is -2.07. The van der Waals surface area contributed by atoms with Gasteiger partial charge in [0, 0.05) is 0 Å². The van der Waals surface area contributed by atoms with Gasteiger partial charge in [-0.05, 0) is 29.5 Å². The summed E-state index contributed by atoms with van der Waals surface area (Å²) in [4.78, 5) is 0. The van der Waals surface area contributed by atoms with Gasteiger partial charge in [0.05, 0.1) is 0 Å². The second-order valence-electron chi connectivity index (χ2n) is 4.64. The standard InChI is InChI=1S/C16H18.3HI/c1-12(2)14-8-10-16(11-9-14)15-6-4-13(3)5-7-15;;;/h4-12H,1-3H3;3*1H. The summed E-state index contributed by atoms with van der Waals surface area (Å²) < 4.78 is 0. The maximum Gasteiger partial charge on any atom is -0.0184 e. The fourth-order valence-corrected chi connectivity index (χ4v) is 1.81. The van der Waals surface area contributed by atoms with Crippen LogP contribution in [0.5, 0.6) is 0 Å². The van der Waals surface area contributed by atoms with Crippen molar-refractivity contribution in [3.63, 3.8) is 0 Å². The molecular formula is C16H21I3. The fraction of sp³-hybridized carbons (Fsp3) is 0.250. The summed E-state index contributed by atoms with van der Waals surface area (Å²) in [5.74, 6) is 0.604. The molecule has 0 saturated carbocycles. The van der Waals surface area contributed by atoms with Crippen LogP contribution in [-0.4, -0.2) is 0 Å². The Morgan fingerprint density at radius 2 is 1.00 bits per heavy atom. The second-order valence-corrected chi connectivity index (χ2v) is 4.64. The highest BCUT2D eigenvalue weighted by Crippen LogP contribution is 2.22. The lowest BCUT2D eigenvalue weighted by atomic mass is 9.98. The Labute approximate surface area is 167 Å². The van der Waals surface area contributed by atoms with Gasteiger partial charge < -0.3 is 0 Å². The lowest BCUT2D eigenvalue weighted by molar-refractivity contribution is 0.867. The summed E-state index contributed by atoms with van der Waals surface area (Å²) >= 11 is 0. The highest BCUT2D eigenvalue weighted by Gasteiger charge is 2.00. The van der Waals surface area contributed by atoms with E-state index in [4.69, 9.17) is 0 Å². The first kappa shape index (κ1) is 21.9. The van der Waals surface area contributed by atoms with Gasteiger partial charge in [-0.25, -0.2) is 0 Å². The van der Waals surface area contributed by atoms with Crippen LogP contribution < -0.4 is 0 Å². The maximum absolute atomic E-state index is 2.22. The molecule has 0 fully saturated rings. The zero-order valence-electron chi connectivity index (χ0n) is 11.4. The van der Waals surface area contributed by atoms with Crippen molar-refractivity contribution >= 4 is 71.9 Å². The van der Waals surface area contributed by atoms with E-state index >= 15 is 0 Å². The van der Waals surface area contributed by atoms with Crippen LogP contribution in [-0.2, 0) is 0 Å². The van der Waals surface area contributed by atoms with Gasteiger partial charge in [0.1, 0.15) is 0 Å². The van der Waals surface area contributed by atoms with Gasteiger partial charge in [-0.15, -0.1) is 71.9 Å². The van der Waals surface area contributed by atoms with Crippen LogP contribution in [0, 0.1) is 6.92 Å². The molecule has 0 saturated heterocycles. The van der Waals surface area contributed by atoms with E-state index in [0.717, 1.165) is 0 Å². The van der Waals surface area contributed by atoms with Crippen LogP contribution in [0.15, 0.2) is 48.5 Å². The van der Waals surface area contributed by atoms with Crippen molar-refractivity contribution in [1.29, 1.82) is 0 Å². The quantitative estimate of drug-likeness (QED) is 0.343.